The van der Waals surface area contributed by atoms with E-state index in [1.807, 2.05) is 18.2 Å². The van der Waals surface area contributed by atoms with Crippen LogP contribution in [-0.4, -0.2) is 32.6 Å². The Balaban J connectivity index is 1.77. The van der Waals surface area contributed by atoms with Crippen molar-refractivity contribution in [2.24, 2.45) is 0 Å². The molecule has 1 amide bonds. The Hall–Kier alpha value is -3.01. The van der Waals surface area contributed by atoms with Crippen LogP contribution in [0.1, 0.15) is 34.8 Å². The summed E-state index contributed by atoms with van der Waals surface area (Å²) in [6, 6.07) is 7.30. The standard InChI is InChI=1S/C19H20F3N5O2/c1-11-14(12(2)27-18(23-11)25-17(26-27)19(20,21)22)8-9-16(28)24-15-7-5-4-6-13(15)10-29-3/h4-7H,8-10H2,1-3H3,(H,24,28). The van der Waals surface area contributed by atoms with Crippen molar-refractivity contribution >= 4 is 17.4 Å². The third-order valence-electron chi connectivity index (χ3n) is 4.50. The number of fused-ring (bicyclic) bond motifs is 1. The predicted molar refractivity (Wildman–Crippen MR) is 99.4 cm³/mol. The van der Waals surface area contributed by atoms with Crippen molar-refractivity contribution in [3.8, 4) is 0 Å². The van der Waals surface area contributed by atoms with Gasteiger partial charge in [0.1, 0.15) is 0 Å². The highest BCUT2D eigenvalue weighted by molar-refractivity contribution is 5.91. The summed E-state index contributed by atoms with van der Waals surface area (Å²) in [6.07, 6.45) is -4.21. The molecule has 0 unspecified atom stereocenters. The van der Waals surface area contributed by atoms with Crippen molar-refractivity contribution in [1.82, 2.24) is 19.6 Å². The van der Waals surface area contributed by atoms with Gasteiger partial charge >= 0.3 is 6.18 Å². The number of aryl methyl sites for hydroxylation is 2. The fourth-order valence-electron chi connectivity index (χ4n) is 3.07. The second-order valence-corrected chi connectivity index (χ2v) is 6.54. The van der Waals surface area contributed by atoms with Crippen molar-refractivity contribution in [2.75, 3.05) is 12.4 Å². The highest BCUT2D eigenvalue weighted by atomic mass is 19.4. The van der Waals surface area contributed by atoms with Crippen LogP contribution in [0.5, 0.6) is 0 Å². The van der Waals surface area contributed by atoms with Crippen molar-refractivity contribution in [2.45, 2.75) is 39.5 Å². The molecule has 10 heteroatoms. The molecular weight excluding hydrogens is 387 g/mol. The van der Waals surface area contributed by atoms with Gasteiger partial charge in [0.2, 0.25) is 5.91 Å². The molecule has 0 saturated heterocycles. The number of hydrogen-bond acceptors (Lipinski definition) is 5. The number of amides is 1. The van der Waals surface area contributed by atoms with Gasteiger partial charge in [0.05, 0.1) is 6.61 Å². The molecule has 2 aromatic heterocycles. The average Bonchev–Trinajstić information content (AvgIpc) is 3.08. The molecule has 0 aliphatic heterocycles. The monoisotopic (exact) mass is 407 g/mol. The van der Waals surface area contributed by atoms with Gasteiger partial charge in [0.15, 0.2) is 0 Å². The Morgan fingerprint density at radius 2 is 1.93 bits per heavy atom. The van der Waals surface area contributed by atoms with E-state index < -0.39 is 12.0 Å². The Bertz CT molecular complexity index is 1050. The zero-order valence-electron chi connectivity index (χ0n) is 16.2. The second-order valence-electron chi connectivity index (χ2n) is 6.54. The minimum absolute atomic E-state index is 0.117. The molecule has 2 heterocycles. The maximum absolute atomic E-state index is 12.9. The van der Waals surface area contributed by atoms with Gasteiger partial charge in [-0.1, -0.05) is 18.2 Å². The van der Waals surface area contributed by atoms with Crippen LogP contribution >= 0.6 is 0 Å². The third-order valence-corrected chi connectivity index (χ3v) is 4.50. The molecule has 0 spiro atoms. The number of aromatic nitrogens is 4. The number of carbonyl (C=O) groups is 1. The molecule has 1 aromatic carbocycles. The predicted octanol–water partition coefficient (Wildman–Crippen LogP) is 3.48. The van der Waals surface area contributed by atoms with Crippen molar-refractivity contribution in [3.05, 3.63) is 52.6 Å². The molecular formula is C19H20F3N5O2. The summed E-state index contributed by atoms with van der Waals surface area (Å²) in [6.45, 7) is 3.68. The number of rotatable bonds is 6. The maximum atomic E-state index is 12.9. The van der Waals surface area contributed by atoms with Crippen molar-refractivity contribution < 1.29 is 22.7 Å². The summed E-state index contributed by atoms with van der Waals surface area (Å²) < 4.78 is 44.8. The summed E-state index contributed by atoms with van der Waals surface area (Å²) in [5.74, 6) is -1.58. The normalized spacial score (nSPS) is 11.8. The first kappa shape index (κ1) is 20.7. The molecule has 7 nitrogen and oxygen atoms in total. The zero-order valence-corrected chi connectivity index (χ0v) is 16.2. The third kappa shape index (κ3) is 4.53. The number of carbonyl (C=O) groups excluding carboxylic acids is 1. The van der Waals surface area contributed by atoms with E-state index in [2.05, 4.69) is 20.4 Å². The zero-order chi connectivity index (χ0) is 21.2. The fourth-order valence-corrected chi connectivity index (χ4v) is 3.07. The summed E-state index contributed by atoms with van der Waals surface area (Å²) in [7, 11) is 1.57. The van der Waals surface area contributed by atoms with Crippen molar-refractivity contribution in [1.29, 1.82) is 0 Å². The minimum Gasteiger partial charge on any atom is -0.380 e. The van der Waals surface area contributed by atoms with E-state index in [1.165, 1.54) is 0 Å². The largest absolute Gasteiger partial charge is 0.453 e. The lowest BCUT2D eigenvalue weighted by atomic mass is 10.1. The number of nitrogens with zero attached hydrogens (tertiary/aromatic N) is 4. The highest BCUT2D eigenvalue weighted by Crippen LogP contribution is 2.27. The molecule has 3 rings (SSSR count). The Kier molecular flexibility index (Phi) is 5.83. The molecule has 0 aliphatic rings. The van der Waals surface area contributed by atoms with E-state index in [1.54, 1.807) is 27.0 Å². The van der Waals surface area contributed by atoms with E-state index in [9.17, 15) is 18.0 Å². The lowest BCUT2D eigenvalue weighted by Crippen LogP contribution is -2.15. The molecule has 1 N–H and O–H groups in total. The van der Waals surface area contributed by atoms with Crippen LogP contribution in [-0.2, 0) is 28.7 Å². The number of halogens is 3. The van der Waals surface area contributed by atoms with Gasteiger partial charge < -0.3 is 10.1 Å². The van der Waals surface area contributed by atoms with Gasteiger partial charge in [-0.25, -0.2) is 9.50 Å². The molecule has 0 fully saturated rings. The van der Waals surface area contributed by atoms with Gasteiger partial charge in [-0.15, -0.1) is 5.10 Å². The van der Waals surface area contributed by atoms with Crippen LogP contribution in [0.2, 0.25) is 0 Å². The Labute approximate surface area is 164 Å². The number of methoxy groups -OCH3 is 1. The van der Waals surface area contributed by atoms with Gasteiger partial charge in [0.25, 0.3) is 11.6 Å². The topological polar surface area (TPSA) is 81.4 Å². The van der Waals surface area contributed by atoms with E-state index in [0.717, 1.165) is 10.1 Å². The number of hydrogen-bond donors (Lipinski definition) is 1. The molecule has 0 bridgehead atoms. The number of ether oxygens (including phenoxy) is 1. The van der Waals surface area contributed by atoms with Crippen LogP contribution in [0.25, 0.3) is 5.78 Å². The van der Waals surface area contributed by atoms with Crippen LogP contribution < -0.4 is 5.32 Å². The average molecular weight is 407 g/mol. The molecule has 3 aromatic rings. The van der Waals surface area contributed by atoms with Gasteiger partial charge in [0, 0.05) is 36.2 Å². The minimum atomic E-state index is -4.65. The summed E-state index contributed by atoms with van der Waals surface area (Å²) in [4.78, 5) is 20.0. The summed E-state index contributed by atoms with van der Waals surface area (Å²) in [5, 5.41) is 6.36. The van der Waals surface area contributed by atoms with E-state index in [4.69, 9.17) is 4.74 Å². The number of para-hydroxylation sites is 1. The first-order valence-electron chi connectivity index (χ1n) is 8.87. The molecule has 29 heavy (non-hydrogen) atoms. The quantitative estimate of drug-likeness (QED) is 0.677. The first-order chi connectivity index (χ1) is 13.7. The molecule has 154 valence electrons. The fraction of sp³-hybridized carbons (Fsp3) is 0.368. The van der Waals surface area contributed by atoms with E-state index in [0.29, 0.717) is 35.7 Å². The highest BCUT2D eigenvalue weighted by Gasteiger charge is 2.36. The van der Waals surface area contributed by atoms with Crippen LogP contribution in [0, 0.1) is 13.8 Å². The Morgan fingerprint density at radius 1 is 1.21 bits per heavy atom. The molecule has 0 atom stereocenters. The summed E-state index contributed by atoms with van der Waals surface area (Å²) >= 11 is 0. The number of anilines is 1. The van der Waals surface area contributed by atoms with Crippen molar-refractivity contribution in [3.63, 3.8) is 0 Å². The second kappa shape index (κ2) is 8.16. The maximum Gasteiger partial charge on any atom is 0.453 e. The first-order valence-corrected chi connectivity index (χ1v) is 8.87. The lowest BCUT2D eigenvalue weighted by molar-refractivity contribution is -0.144. The SMILES string of the molecule is COCc1ccccc1NC(=O)CCc1c(C)nc2nc(C(F)(F)F)nn2c1C. The van der Waals surface area contributed by atoms with Crippen LogP contribution in [0.3, 0.4) is 0 Å². The molecule has 0 aliphatic carbocycles. The number of nitrogens with one attached hydrogen (secondary N) is 1. The number of alkyl halides is 3. The molecule has 0 radical (unpaired) electrons. The van der Waals surface area contributed by atoms with Gasteiger partial charge in [-0.2, -0.15) is 18.2 Å². The van der Waals surface area contributed by atoms with E-state index >= 15 is 0 Å². The molecule has 0 saturated carbocycles. The van der Waals surface area contributed by atoms with Gasteiger partial charge in [-0.05, 0) is 31.9 Å². The number of benzene rings is 1. The van der Waals surface area contributed by atoms with Gasteiger partial charge in [-0.3, -0.25) is 4.79 Å². The lowest BCUT2D eigenvalue weighted by Gasteiger charge is -2.12. The summed E-state index contributed by atoms with van der Waals surface area (Å²) in [5.41, 5.74) is 3.16. The van der Waals surface area contributed by atoms with Crippen LogP contribution in [0.4, 0.5) is 18.9 Å². The smallest absolute Gasteiger partial charge is 0.380 e. The van der Waals surface area contributed by atoms with Crippen LogP contribution in [0.15, 0.2) is 24.3 Å². The Morgan fingerprint density at radius 3 is 2.62 bits per heavy atom. The van der Waals surface area contributed by atoms with E-state index in [-0.39, 0.29) is 18.1 Å².